The number of amides is 2. The Hall–Kier alpha value is -4.11. The molecule has 0 aromatic heterocycles. The summed E-state index contributed by atoms with van der Waals surface area (Å²) in [7, 11) is 0. The molecule has 0 heterocycles. The molecule has 154 valence electrons. The van der Waals surface area contributed by atoms with Gasteiger partial charge >= 0.3 is 6.09 Å². The van der Waals surface area contributed by atoms with E-state index in [2.05, 4.69) is 29.3 Å². The molecule has 3 aromatic rings. The summed E-state index contributed by atoms with van der Waals surface area (Å²) in [5.41, 5.74) is 10.1. The number of carbonyl (C=O) groups is 2. The zero-order valence-corrected chi connectivity index (χ0v) is 16.5. The van der Waals surface area contributed by atoms with Crippen LogP contribution in [0.5, 0.6) is 0 Å². The normalized spacial score (nSPS) is 11.6. The standard InChI is InChI=1S/C25H19FN2O3/c26-17-11-12-18(24(27)29)16(14-17)6-5-13-28-25(30)31-15-23-21-9-3-1-7-19(21)20-8-2-4-10-22(20)23/h1-4,7-12,14,23H,13,15H2,(H2,27,29)(H,28,30). The maximum Gasteiger partial charge on any atom is 0.407 e. The van der Waals surface area contributed by atoms with E-state index >= 15 is 0 Å². The fraction of sp³-hybridized carbons (Fsp3) is 0.120. The van der Waals surface area contributed by atoms with Crippen LogP contribution in [0.1, 0.15) is 33.0 Å². The summed E-state index contributed by atoms with van der Waals surface area (Å²) in [5, 5.41) is 2.54. The minimum absolute atomic E-state index is 0.0224. The number of rotatable bonds is 4. The Balaban J connectivity index is 1.37. The molecule has 31 heavy (non-hydrogen) atoms. The van der Waals surface area contributed by atoms with Crippen molar-refractivity contribution in [3.63, 3.8) is 0 Å². The first kappa shape index (κ1) is 20.2. The van der Waals surface area contributed by atoms with Gasteiger partial charge in [0.25, 0.3) is 0 Å². The van der Waals surface area contributed by atoms with E-state index in [0.717, 1.165) is 34.4 Å². The molecular weight excluding hydrogens is 395 g/mol. The lowest BCUT2D eigenvalue weighted by Gasteiger charge is -2.14. The van der Waals surface area contributed by atoms with Gasteiger partial charge in [-0.3, -0.25) is 4.79 Å². The van der Waals surface area contributed by atoms with Crippen molar-refractivity contribution < 1.29 is 18.7 Å². The van der Waals surface area contributed by atoms with E-state index in [1.807, 2.05) is 36.4 Å². The number of fused-ring (bicyclic) bond motifs is 3. The Labute approximate surface area is 179 Å². The van der Waals surface area contributed by atoms with Crippen LogP contribution in [0.3, 0.4) is 0 Å². The van der Waals surface area contributed by atoms with E-state index in [9.17, 15) is 14.0 Å². The highest BCUT2D eigenvalue weighted by molar-refractivity contribution is 5.95. The number of nitrogens with one attached hydrogen (secondary N) is 1. The van der Waals surface area contributed by atoms with Crippen molar-refractivity contribution in [3.05, 3.63) is 94.8 Å². The van der Waals surface area contributed by atoms with E-state index in [4.69, 9.17) is 10.5 Å². The van der Waals surface area contributed by atoms with Crippen LogP contribution in [0, 0.1) is 17.7 Å². The Morgan fingerprint density at radius 3 is 2.29 bits per heavy atom. The first-order chi connectivity index (χ1) is 15.0. The van der Waals surface area contributed by atoms with Crippen LogP contribution in [0.2, 0.25) is 0 Å². The molecule has 2 amide bonds. The van der Waals surface area contributed by atoms with Crippen LogP contribution < -0.4 is 11.1 Å². The van der Waals surface area contributed by atoms with E-state index in [-0.39, 0.29) is 30.2 Å². The minimum Gasteiger partial charge on any atom is -0.449 e. The molecule has 5 nitrogen and oxygen atoms in total. The predicted molar refractivity (Wildman–Crippen MR) is 115 cm³/mol. The van der Waals surface area contributed by atoms with Gasteiger partial charge in [0, 0.05) is 11.5 Å². The average molecular weight is 414 g/mol. The van der Waals surface area contributed by atoms with Gasteiger partial charge in [-0.25, -0.2) is 9.18 Å². The molecule has 0 saturated heterocycles. The second-order valence-electron chi connectivity index (χ2n) is 7.04. The van der Waals surface area contributed by atoms with Crippen LogP contribution in [0.15, 0.2) is 66.7 Å². The molecule has 1 aliphatic rings. The molecule has 0 fully saturated rings. The fourth-order valence-corrected chi connectivity index (χ4v) is 3.74. The Bertz CT molecular complexity index is 1180. The smallest absolute Gasteiger partial charge is 0.407 e. The molecule has 0 radical (unpaired) electrons. The Kier molecular flexibility index (Phi) is 5.67. The van der Waals surface area contributed by atoms with Gasteiger partial charge in [0.05, 0.1) is 12.1 Å². The summed E-state index contributed by atoms with van der Waals surface area (Å²) >= 11 is 0. The Morgan fingerprint density at radius 1 is 1.00 bits per heavy atom. The number of nitrogens with two attached hydrogens (primary N) is 1. The lowest BCUT2D eigenvalue weighted by molar-refractivity contribution is 0.1000. The zero-order valence-electron chi connectivity index (χ0n) is 16.5. The lowest BCUT2D eigenvalue weighted by atomic mass is 9.98. The molecule has 0 aliphatic heterocycles. The van der Waals surface area contributed by atoms with Crippen molar-refractivity contribution >= 4 is 12.0 Å². The van der Waals surface area contributed by atoms with E-state index in [0.29, 0.717) is 0 Å². The molecule has 4 rings (SSSR count). The highest BCUT2D eigenvalue weighted by Crippen LogP contribution is 2.44. The second kappa shape index (κ2) is 8.72. The number of hydrogen-bond donors (Lipinski definition) is 2. The summed E-state index contributed by atoms with van der Waals surface area (Å²) in [5.74, 6) is 4.07. The van der Waals surface area contributed by atoms with Crippen LogP contribution >= 0.6 is 0 Å². The van der Waals surface area contributed by atoms with E-state index in [1.54, 1.807) is 0 Å². The van der Waals surface area contributed by atoms with Crippen molar-refractivity contribution in [3.8, 4) is 23.0 Å². The van der Waals surface area contributed by atoms with Gasteiger partial charge in [-0.1, -0.05) is 60.4 Å². The van der Waals surface area contributed by atoms with Crippen molar-refractivity contribution in [1.29, 1.82) is 0 Å². The third-order valence-corrected chi connectivity index (χ3v) is 5.13. The summed E-state index contributed by atoms with van der Waals surface area (Å²) in [6, 6.07) is 19.7. The fourth-order valence-electron chi connectivity index (χ4n) is 3.74. The largest absolute Gasteiger partial charge is 0.449 e. The van der Waals surface area contributed by atoms with E-state index < -0.39 is 17.8 Å². The van der Waals surface area contributed by atoms with Crippen LogP contribution in [-0.2, 0) is 4.74 Å². The molecular formula is C25H19FN2O3. The van der Waals surface area contributed by atoms with Crippen LogP contribution in [0.4, 0.5) is 9.18 Å². The third kappa shape index (κ3) is 4.26. The molecule has 6 heteroatoms. The highest BCUT2D eigenvalue weighted by atomic mass is 19.1. The number of alkyl carbamates (subject to hydrolysis) is 1. The molecule has 0 spiro atoms. The summed E-state index contributed by atoms with van der Waals surface area (Å²) in [6.07, 6.45) is -0.606. The molecule has 0 bridgehead atoms. The average Bonchev–Trinajstić information content (AvgIpc) is 3.09. The maximum absolute atomic E-state index is 13.4. The maximum atomic E-state index is 13.4. The molecule has 0 saturated carbocycles. The van der Waals surface area contributed by atoms with Gasteiger partial charge in [0.15, 0.2) is 0 Å². The quantitative estimate of drug-likeness (QED) is 0.637. The van der Waals surface area contributed by atoms with Gasteiger partial charge in [-0.2, -0.15) is 0 Å². The van der Waals surface area contributed by atoms with Gasteiger partial charge in [0.1, 0.15) is 12.4 Å². The summed E-state index contributed by atoms with van der Waals surface area (Å²) in [6.45, 7) is 0.175. The van der Waals surface area contributed by atoms with Crippen molar-refractivity contribution in [2.75, 3.05) is 13.2 Å². The number of primary amides is 1. The molecule has 0 unspecified atom stereocenters. The molecule has 3 aromatic carbocycles. The first-order valence-electron chi connectivity index (χ1n) is 9.71. The molecule has 0 atom stereocenters. The van der Waals surface area contributed by atoms with Gasteiger partial charge in [-0.05, 0) is 40.5 Å². The zero-order chi connectivity index (χ0) is 21.8. The number of ether oxygens (including phenoxy) is 1. The predicted octanol–water partition coefficient (Wildman–Crippen LogP) is 3.81. The number of halogens is 1. The minimum atomic E-state index is -0.700. The lowest BCUT2D eigenvalue weighted by Crippen LogP contribution is -2.26. The van der Waals surface area contributed by atoms with Gasteiger partial charge in [0.2, 0.25) is 5.91 Å². The van der Waals surface area contributed by atoms with Crippen LogP contribution in [-0.4, -0.2) is 25.2 Å². The molecule has 1 aliphatic carbocycles. The van der Waals surface area contributed by atoms with E-state index in [1.165, 1.54) is 6.07 Å². The van der Waals surface area contributed by atoms with Crippen LogP contribution in [0.25, 0.3) is 11.1 Å². The summed E-state index contributed by atoms with van der Waals surface area (Å²) < 4.78 is 18.8. The van der Waals surface area contributed by atoms with Gasteiger partial charge in [-0.15, -0.1) is 0 Å². The molecule has 3 N–H and O–H groups in total. The summed E-state index contributed by atoms with van der Waals surface area (Å²) in [4.78, 5) is 23.5. The Morgan fingerprint density at radius 2 is 1.65 bits per heavy atom. The first-order valence-corrected chi connectivity index (χ1v) is 9.71. The SMILES string of the molecule is NC(=O)c1ccc(F)cc1C#CCNC(=O)OCC1c2ccccc2-c2ccccc21. The van der Waals surface area contributed by atoms with Crippen molar-refractivity contribution in [2.45, 2.75) is 5.92 Å². The van der Waals surface area contributed by atoms with Crippen molar-refractivity contribution in [1.82, 2.24) is 5.32 Å². The van der Waals surface area contributed by atoms with Gasteiger partial charge < -0.3 is 15.8 Å². The number of hydrogen-bond acceptors (Lipinski definition) is 3. The number of carbonyl (C=O) groups excluding carboxylic acids is 2. The topological polar surface area (TPSA) is 81.4 Å². The monoisotopic (exact) mass is 414 g/mol. The number of benzene rings is 3. The second-order valence-corrected chi connectivity index (χ2v) is 7.04. The highest BCUT2D eigenvalue weighted by Gasteiger charge is 2.28. The van der Waals surface area contributed by atoms with Crippen molar-refractivity contribution in [2.24, 2.45) is 5.73 Å². The third-order valence-electron chi connectivity index (χ3n) is 5.13.